The Balaban J connectivity index is 1.89. The molecule has 8 heteroatoms. The van der Waals surface area contributed by atoms with Gasteiger partial charge in [-0.1, -0.05) is 22.9 Å². The van der Waals surface area contributed by atoms with Crippen molar-refractivity contribution in [3.63, 3.8) is 0 Å². The molecule has 0 radical (unpaired) electrons. The summed E-state index contributed by atoms with van der Waals surface area (Å²) < 4.78 is 7.15. The molecule has 0 N–H and O–H groups in total. The largest absolute Gasteiger partial charge is 0.496 e. The van der Waals surface area contributed by atoms with Crippen LogP contribution in [0.3, 0.4) is 0 Å². The van der Waals surface area contributed by atoms with Crippen LogP contribution in [0.2, 0.25) is 5.02 Å². The summed E-state index contributed by atoms with van der Waals surface area (Å²) in [5.74, 6) is 1.46. The molecule has 4 rings (SSSR count). The molecule has 0 spiro atoms. The van der Waals surface area contributed by atoms with Gasteiger partial charge >= 0.3 is 0 Å². The molecule has 0 aliphatic heterocycles. The molecule has 3 aromatic heterocycles. The zero-order valence-electron chi connectivity index (χ0n) is 11.4. The Morgan fingerprint density at radius 1 is 1.23 bits per heavy atom. The van der Waals surface area contributed by atoms with Crippen molar-refractivity contribution < 1.29 is 4.74 Å². The zero-order valence-corrected chi connectivity index (χ0v) is 13.7. The van der Waals surface area contributed by atoms with E-state index in [1.165, 1.54) is 11.3 Å². The van der Waals surface area contributed by atoms with Crippen molar-refractivity contribution in [3.05, 3.63) is 40.0 Å². The van der Waals surface area contributed by atoms with Gasteiger partial charge in [0, 0.05) is 16.0 Å². The Labute approximate surface area is 138 Å². The number of halogens is 1. The highest BCUT2D eigenvalue weighted by molar-refractivity contribution is 7.19. The van der Waals surface area contributed by atoms with Gasteiger partial charge in [-0.3, -0.25) is 0 Å². The highest BCUT2D eigenvalue weighted by Gasteiger charge is 2.17. The lowest BCUT2D eigenvalue weighted by Gasteiger charge is -2.05. The van der Waals surface area contributed by atoms with E-state index in [4.69, 9.17) is 16.3 Å². The van der Waals surface area contributed by atoms with E-state index >= 15 is 0 Å². The quantitative estimate of drug-likeness (QED) is 0.555. The number of fused-ring (bicyclic) bond motifs is 1. The SMILES string of the molecule is COc1ccc(Cl)cc1-c1nn2c(-c3ccsc3)nnc2s1. The molecule has 3 heterocycles. The van der Waals surface area contributed by atoms with Crippen molar-refractivity contribution in [1.82, 2.24) is 19.8 Å². The van der Waals surface area contributed by atoms with E-state index in [9.17, 15) is 0 Å². The van der Waals surface area contributed by atoms with Gasteiger partial charge in [0.15, 0.2) is 10.8 Å². The summed E-state index contributed by atoms with van der Waals surface area (Å²) in [6.07, 6.45) is 0. The van der Waals surface area contributed by atoms with Gasteiger partial charge in [0.05, 0.1) is 12.7 Å². The van der Waals surface area contributed by atoms with Crippen molar-refractivity contribution in [2.24, 2.45) is 0 Å². The molecular formula is C14H9ClN4OS2. The molecule has 0 bridgehead atoms. The molecular weight excluding hydrogens is 340 g/mol. The second kappa shape index (κ2) is 5.35. The van der Waals surface area contributed by atoms with Gasteiger partial charge in [0.2, 0.25) is 4.96 Å². The Bertz CT molecular complexity index is 945. The number of benzene rings is 1. The summed E-state index contributed by atoms with van der Waals surface area (Å²) in [7, 11) is 1.63. The summed E-state index contributed by atoms with van der Waals surface area (Å²) in [5, 5.41) is 18.5. The standard InChI is InChI=1S/C14H9ClN4OS2/c1-20-11-3-2-9(15)6-10(11)13-18-19-12(8-4-5-21-7-8)16-17-14(19)22-13/h2-7H,1H3. The minimum absolute atomic E-state index is 0.639. The molecule has 4 aromatic rings. The summed E-state index contributed by atoms with van der Waals surface area (Å²) in [4.78, 5) is 0.734. The van der Waals surface area contributed by atoms with Gasteiger partial charge in [0.1, 0.15) is 5.75 Å². The van der Waals surface area contributed by atoms with E-state index in [0.717, 1.165) is 32.7 Å². The van der Waals surface area contributed by atoms with Crippen LogP contribution in [0, 0.1) is 0 Å². The Hall–Kier alpha value is -1.96. The summed E-state index contributed by atoms with van der Waals surface area (Å²) in [5.41, 5.74) is 1.86. The first-order valence-electron chi connectivity index (χ1n) is 6.35. The maximum absolute atomic E-state index is 6.10. The van der Waals surface area contributed by atoms with Gasteiger partial charge in [-0.2, -0.15) is 21.0 Å². The first kappa shape index (κ1) is 13.7. The average molecular weight is 349 g/mol. The number of aromatic nitrogens is 4. The highest BCUT2D eigenvalue weighted by Crippen LogP contribution is 2.35. The van der Waals surface area contributed by atoms with Crippen LogP contribution in [0.4, 0.5) is 0 Å². The third-order valence-corrected chi connectivity index (χ3v) is 5.01. The third kappa shape index (κ3) is 2.18. The molecule has 0 aliphatic rings. The fraction of sp³-hybridized carbons (Fsp3) is 0.0714. The van der Waals surface area contributed by atoms with Crippen LogP contribution in [0.5, 0.6) is 5.75 Å². The van der Waals surface area contributed by atoms with Crippen molar-refractivity contribution >= 4 is 39.2 Å². The smallest absolute Gasteiger partial charge is 0.235 e. The number of rotatable bonds is 3. The van der Waals surface area contributed by atoms with E-state index in [0.29, 0.717) is 5.02 Å². The van der Waals surface area contributed by atoms with Crippen LogP contribution in [-0.2, 0) is 0 Å². The lowest BCUT2D eigenvalue weighted by Crippen LogP contribution is -1.91. The number of thiophene rings is 1. The number of hydrogen-bond acceptors (Lipinski definition) is 6. The molecule has 0 fully saturated rings. The molecule has 0 aliphatic carbocycles. The van der Waals surface area contributed by atoms with Crippen LogP contribution in [-0.4, -0.2) is 26.9 Å². The van der Waals surface area contributed by atoms with E-state index in [-0.39, 0.29) is 0 Å². The van der Waals surface area contributed by atoms with Crippen molar-refractivity contribution in [2.75, 3.05) is 7.11 Å². The summed E-state index contributed by atoms with van der Waals surface area (Å²) >= 11 is 9.16. The second-order valence-corrected chi connectivity index (χ2v) is 6.65. The fourth-order valence-corrected chi connectivity index (χ4v) is 3.81. The first-order valence-corrected chi connectivity index (χ1v) is 8.49. The molecule has 0 saturated carbocycles. The minimum Gasteiger partial charge on any atom is -0.496 e. The van der Waals surface area contributed by atoms with Crippen LogP contribution < -0.4 is 4.74 Å². The van der Waals surface area contributed by atoms with Crippen molar-refractivity contribution in [1.29, 1.82) is 0 Å². The molecule has 0 unspecified atom stereocenters. The molecule has 22 heavy (non-hydrogen) atoms. The number of hydrogen-bond donors (Lipinski definition) is 0. The Kier molecular flexibility index (Phi) is 3.33. The maximum Gasteiger partial charge on any atom is 0.235 e. The first-order chi connectivity index (χ1) is 10.8. The van der Waals surface area contributed by atoms with Gasteiger partial charge in [-0.25, -0.2) is 0 Å². The molecule has 1 aromatic carbocycles. The number of nitrogens with zero attached hydrogens (tertiary/aromatic N) is 4. The minimum atomic E-state index is 0.639. The monoisotopic (exact) mass is 348 g/mol. The van der Waals surface area contributed by atoms with Crippen LogP contribution in [0.25, 0.3) is 26.9 Å². The summed E-state index contributed by atoms with van der Waals surface area (Å²) in [6, 6.07) is 7.47. The van der Waals surface area contributed by atoms with Crippen LogP contribution >= 0.6 is 34.3 Å². The van der Waals surface area contributed by atoms with E-state index in [2.05, 4.69) is 15.3 Å². The molecule has 110 valence electrons. The Morgan fingerprint density at radius 2 is 2.14 bits per heavy atom. The predicted molar refractivity (Wildman–Crippen MR) is 89.0 cm³/mol. The topological polar surface area (TPSA) is 52.3 Å². The van der Waals surface area contributed by atoms with Crippen LogP contribution in [0.15, 0.2) is 35.0 Å². The molecule has 0 saturated heterocycles. The predicted octanol–water partition coefficient (Wildman–Crippen LogP) is 4.24. The van der Waals surface area contributed by atoms with Gasteiger partial charge in [-0.15, -0.1) is 10.2 Å². The van der Waals surface area contributed by atoms with Gasteiger partial charge in [-0.05, 0) is 29.6 Å². The van der Waals surface area contributed by atoms with Gasteiger partial charge < -0.3 is 4.74 Å². The van der Waals surface area contributed by atoms with Gasteiger partial charge in [0.25, 0.3) is 0 Å². The number of ether oxygens (including phenoxy) is 1. The Morgan fingerprint density at radius 3 is 2.91 bits per heavy atom. The zero-order chi connectivity index (χ0) is 15.1. The van der Waals surface area contributed by atoms with Crippen molar-refractivity contribution in [3.8, 4) is 27.7 Å². The van der Waals surface area contributed by atoms with E-state index in [1.54, 1.807) is 29.0 Å². The lowest BCUT2D eigenvalue weighted by molar-refractivity contribution is 0.416. The highest BCUT2D eigenvalue weighted by atomic mass is 35.5. The third-order valence-electron chi connectivity index (χ3n) is 3.16. The maximum atomic E-state index is 6.10. The van der Waals surface area contributed by atoms with E-state index < -0.39 is 0 Å². The molecule has 0 atom stereocenters. The van der Waals surface area contributed by atoms with Crippen molar-refractivity contribution in [2.45, 2.75) is 0 Å². The van der Waals surface area contributed by atoms with Crippen LogP contribution in [0.1, 0.15) is 0 Å². The molecule has 5 nitrogen and oxygen atoms in total. The average Bonchev–Trinajstić information content (AvgIpc) is 3.23. The van der Waals surface area contributed by atoms with E-state index in [1.807, 2.05) is 29.0 Å². The molecule has 0 amide bonds. The summed E-state index contributed by atoms with van der Waals surface area (Å²) in [6.45, 7) is 0. The second-order valence-electron chi connectivity index (χ2n) is 4.48. The normalized spacial score (nSPS) is 11.2. The number of methoxy groups -OCH3 is 1. The fourth-order valence-electron chi connectivity index (χ4n) is 2.14. The lowest BCUT2D eigenvalue weighted by atomic mass is 10.2.